The van der Waals surface area contributed by atoms with Gasteiger partial charge in [-0.1, -0.05) is 35.0 Å². The number of benzene rings is 1. The Labute approximate surface area is 105 Å². The Morgan fingerprint density at radius 1 is 1.35 bits per heavy atom. The molecule has 0 radical (unpaired) electrons. The molecule has 1 saturated heterocycles. The van der Waals surface area contributed by atoms with E-state index in [-0.39, 0.29) is 0 Å². The van der Waals surface area contributed by atoms with Gasteiger partial charge < -0.3 is 5.32 Å². The maximum atomic E-state index is 6.14. The highest BCUT2D eigenvalue weighted by atomic mass is 35.5. The van der Waals surface area contributed by atoms with Crippen molar-refractivity contribution in [2.24, 2.45) is 0 Å². The standard InChI is InChI=1S/C12H13ClN4/c13-11-4-2-1-3-10(11)12-8-17(16-15-12)9-5-6-14-7-9/h1-4,8-9,14H,5-7H2. The topological polar surface area (TPSA) is 42.7 Å². The summed E-state index contributed by atoms with van der Waals surface area (Å²) in [6.45, 7) is 2.01. The average molecular weight is 249 g/mol. The molecule has 2 aromatic rings. The second-order valence-corrected chi connectivity index (χ2v) is 4.62. The fourth-order valence-electron chi connectivity index (χ4n) is 2.11. The molecule has 0 spiro atoms. The molecule has 1 aromatic heterocycles. The lowest BCUT2D eigenvalue weighted by molar-refractivity contribution is 0.476. The van der Waals surface area contributed by atoms with E-state index in [2.05, 4.69) is 15.6 Å². The van der Waals surface area contributed by atoms with E-state index in [0.29, 0.717) is 11.1 Å². The summed E-state index contributed by atoms with van der Waals surface area (Å²) < 4.78 is 1.93. The monoisotopic (exact) mass is 248 g/mol. The molecule has 1 unspecified atom stereocenters. The molecule has 0 aliphatic carbocycles. The first kappa shape index (κ1) is 10.7. The zero-order chi connectivity index (χ0) is 11.7. The van der Waals surface area contributed by atoms with Crippen molar-refractivity contribution in [1.29, 1.82) is 0 Å². The fourth-order valence-corrected chi connectivity index (χ4v) is 2.35. The van der Waals surface area contributed by atoms with E-state index in [1.54, 1.807) is 0 Å². The molecular weight excluding hydrogens is 236 g/mol. The second kappa shape index (κ2) is 4.47. The number of nitrogens with one attached hydrogen (secondary N) is 1. The van der Waals surface area contributed by atoms with Crippen molar-refractivity contribution in [3.05, 3.63) is 35.5 Å². The zero-order valence-electron chi connectivity index (χ0n) is 9.31. The van der Waals surface area contributed by atoms with Gasteiger partial charge in [-0.05, 0) is 19.0 Å². The lowest BCUT2D eigenvalue weighted by Crippen LogP contribution is -2.13. The third kappa shape index (κ3) is 2.06. The molecule has 1 atom stereocenters. The van der Waals surface area contributed by atoms with Crippen LogP contribution in [0.3, 0.4) is 0 Å². The van der Waals surface area contributed by atoms with Gasteiger partial charge in [-0.15, -0.1) is 5.10 Å². The smallest absolute Gasteiger partial charge is 0.114 e. The number of hydrogen-bond donors (Lipinski definition) is 1. The third-order valence-electron chi connectivity index (χ3n) is 3.07. The second-order valence-electron chi connectivity index (χ2n) is 4.21. The Kier molecular flexibility index (Phi) is 2.82. The van der Waals surface area contributed by atoms with E-state index in [9.17, 15) is 0 Å². The van der Waals surface area contributed by atoms with Crippen LogP contribution in [0.15, 0.2) is 30.5 Å². The quantitative estimate of drug-likeness (QED) is 0.886. The maximum Gasteiger partial charge on any atom is 0.114 e. The minimum absolute atomic E-state index is 0.415. The van der Waals surface area contributed by atoms with Crippen molar-refractivity contribution in [3.8, 4) is 11.3 Å². The molecule has 1 aliphatic heterocycles. The van der Waals surface area contributed by atoms with Crippen molar-refractivity contribution in [2.45, 2.75) is 12.5 Å². The fraction of sp³-hybridized carbons (Fsp3) is 0.333. The summed E-state index contributed by atoms with van der Waals surface area (Å²) in [5.74, 6) is 0. The van der Waals surface area contributed by atoms with Gasteiger partial charge in [0, 0.05) is 12.1 Å². The minimum Gasteiger partial charge on any atom is -0.315 e. The van der Waals surface area contributed by atoms with E-state index >= 15 is 0 Å². The lowest BCUT2D eigenvalue weighted by atomic mass is 10.2. The van der Waals surface area contributed by atoms with Crippen molar-refractivity contribution in [1.82, 2.24) is 20.3 Å². The Hall–Kier alpha value is -1.39. The molecule has 2 heterocycles. The molecule has 0 saturated carbocycles. The van der Waals surface area contributed by atoms with Crippen LogP contribution in [0.1, 0.15) is 12.5 Å². The summed E-state index contributed by atoms with van der Waals surface area (Å²) in [4.78, 5) is 0. The zero-order valence-corrected chi connectivity index (χ0v) is 10.1. The van der Waals surface area contributed by atoms with Crippen molar-refractivity contribution < 1.29 is 0 Å². The van der Waals surface area contributed by atoms with E-state index in [0.717, 1.165) is 30.8 Å². The summed E-state index contributed by atoms with van der Waals surface area (Å²) in [6.07, 6.45) is 3.07. The van der Waals surface area contributed by atoms with Crippen LogP contribution in [0.2, 0.25) is 5.02 Å². The minimum atomic E-state index is 0.415. The summed E-state index contributed by atoms with van der Waals surface area (Å²) in [5, 5.41) is 12.4. The molecule has 5 heteroatoms. The van der Waals surface area contributed by atoms with E-state index < -0.39 is 0 Å². The van der Waals surface area contributed by atoms with Gasteiger partial charge in [-0.2, -0.15) is 0 Å². The predicted molar refractivity (Wildman–Crippen MR) is 67.0 cm³/mol. The van der Waals surface area contributed by atoms with Crippen LogP contribution >= 0.6 is 11.6 Å². The summed E-state index contributed by atoms with van der Waals surface area (Å²) in [7, 11) is 0. The van der Waals surface area contributed by atoms with Crippen LogP contribution in [-0.4, -0.2) is 28.1 Å². The van der Waals surface area contributed by atoms with Crippen LogP contribution in [0.4, 0.5) is 0 Å². The van der Waals surface area contributed by atoms with Gasteiger partial charge in [0.15, 0.2) is 0 Å². The van der Waals surface area contributed by atoms with Gasteiger partial charge >= 0.3 is 0 Å². The van der Waals surface area contributed by atoms with Crippen molar-refractivity contribution in [3.63, 3.8) is 0 Å². The maximum absolute atomic E-state index is 6.14. The number of nitrogens with zero attached hydrogens (tertiary/aromatic N) is 3. The summed E-state index contributed by atoms with van der Waals surface area (Å²) in [5.41, 5.74) is 1.77. The molecule has 1 aromatic carbocycles. The lowest BCUT2D eigenvalue weighted by Gasteiger charge is -2.06. The molecule has 1 N–H and O–H groups in total. The molecular formula is C12H13ClN4. The first-order valence-electron chi connectivity index (χ1n) is 5.72. The van der Waals surface area contributed by atoms with Crippen molar-refractivity contribution in [2.75, 3.05) is 13.1 Å². The predicted octanol–water partition coefficient (Wildman–Crippen LogP) is 2.13. The van der Waals surface area contributed by atoms with Crippen LogP contribution in [-0.2, 0) is 0 Å². The van der Waals surface area contributed by atoms with Crippen LogP contribution < -0.4 is 5.32 Å². The number of hydrogen-bond acceptors (Lipinski definition) is 3. The molecule has 4 nitrogen and oxygen atoms in total. The number of rotatable bonds is 2. The normalized spacial score (nSPS) is 19.7. The summed E-state index contributed by atoms with van der Waals surface area (Å²) in [6, 6.07) is 8.12. The Bertz CT molecular complexity index is 517. The van der Waals surface area contributed by atoms with Gasteiger partial charge in [0.25, 0.3) is 0 Å². The molecule has 0 bridgehead atoms. The van der Waals surface area contributed by atoms with Crippen LogP contribution in [0, 0.1) is 0 Å². The SMILES string of the molecule is Clc1ccccc1-c1cn(C2CCNC2)nn1. The molecule has 88 valence electrons. The van der Waals surface area contributed by atoms with Crippen molar-refractivity contribution >= 4 is 11.6 Å². The van der Waals surface area contributed by atoms with Gasteiger partial charge in [-0.3, -0.25) is 0 Å². The van der Waals surface area contributed by atoms with Crippen LogP contribution in [0.5, 0.6) is 0 Å². The van der Waals surface area contributed by atoms with Gasteiger partial charge in [0.05, 0.1) is 17.3 Å². The van der Waals surface area contributed by atoms with Gasteiger partial charge in [0.2, 0.25) is 0 Å². The average Bonchev–Trinajstić information content (AvgIpc) is 3.00. The van der Waals surface area contributed by atoms with Gasteiger partial charge in [0.1, 0.15) is 5.69 Å². The Morgan fingerprint density at radius 2 is 2.24 bits per heavy atom. The Balaban J connectivity index is 1.92. The molecule has 1 aliphatic rings. The first-order valence-corrected chi connectivity index (χ1v) is 6.10. The first-order chi connectivity index (χ1) is 8.34. The highest BCUT2D eigenvalue weighted by Crippen LogP contribution is 2.26. The molecule has 0 amide bonds. The largest absolute Gasteiger partial charge is 0.315 e. The highest BCUT2D eigenvalue weighted by Gasteiger charge is 2.18. The highest BCUT2D eigenvalue weighted by molar-refractivity contribution is 6.33. The molecule has 17 heavy (non-hydrogen) atoms. The number of aromatic nitrogens is 3. The summed E-state index contributed by atoms with van der Waals surface area (Å²) >= 11 is 6.14. The van der Waals surface area contributed by atoms with Gasteiger partial charge in [-0.25, -0.2) is 4.68 Å². The Morgan fingerprint density at radius 3 is 3.00 bits per heavy atom. The van der Waals surface area contributed by atoms with E-state index in [4.69, 9.17) is 11.6 Å². The number of halogens is 1. The molecule has 3 rings (SSSR count). The third-order valence-corrected chi connectivity index (χ3v) is 3.40. The molecule has 1 fully saturated rings. The van der Waals surface area contributed by atoms with E-state index in [1.807, 2.05) is 35.1 Å². The van der Waals surface area contributed by atoms with E-state index in [1.165, 1.54) is 0 Å². The van der Waals surface area contributed by atoms with Crippen LogP contribution in [0.25, 0.3) is 11.3 Å².